The molecule has 0 fully saturated rings. The molecule has 0 aliphatic rings. The van der Waals surface area contributed by atoms with E-state index in [4.69, 9.17) is 0 Å². The molecule has 0 spiro atoms. The fraction of sp³-hybridized carbons (Fsp3) is 0.417. The summed E-state index contributed by atoms with van der Waals surface area (Å²) in [7, 11) is 4.04. The van der Waals surface area contributed by atoms with Gasteiger partial charge in [0.25, 0.3) is 0 Å². The molecule has 0 aromatic heterocycles. The number of Topliss-reactive ketones (excluding diaryl/α,β-unsaturated/α-hetero) is 1. The largest absolute Gasteiger partial charge is 0.305 e. The molecule has 0 radical (unpaired) electrons. The van der Waals surface area contributed by atoms with Crippen LogP contribution in [0.5, 0.6) is 0 Å². The molecule has 0 N–H and O–H groups in total. The van der Waals surface area contributed by atoms with Crippen LogP contribution in [0.25, 0.3) is 0 Å². The lowest BCUT2D eigenvalue weighted by Gasteiger charge is -2.10. The van der Waals surface area contributed by atoms with E-state index in [1.807, 2.05) is 45.3 Å². The van der Waals surface area contributed by atoms with E-state index >= 15 is 0 Å². The Hall–Kier alpha value is -1.15. The molecule has 0 unspecified atom stereocenters. The van der Waals surface area contributed by atoms with Crippen molar-refractivity contribution in [1.82, 2.24) is 4.90 Å². The molecular weight excluding hydrogens is 174 g/mol. The maximum atomic E-state index is 11.4. The van der Waals surface area contributed by atoms with E-state index in [0.717, 1.165) is 12.1 Å². The van der Waals surface area contributed by atoms with E-state index in [1.54, 1.807) is 0 Å². The van der Waals surface area contributed by atoms with Crippen molar-refractivity contribution in [3.63, 3.8) is 0 Å². The summed E-state index contributed by atoms with van der Waals surface area (Å²) < 4.78 is 0. The summed E-state index contributed by atoms with van der Waals surface area (Å²) in [6, 6.07) is 7.85. The molecule has 0 bridgehead atoms. The first-order valence-corrected chi connectivity index (χ1v) is 4.90. The number of ketones is 1. The SMILES string of the molecule is CCC(=O)c1cccc(CN(C)C)c1. The summed E-state index contributed by atoms with van der Waals surface area (Å²) in [5.74, 6) is 0.214. The zero-order valence-corrected chi connectivity index (χ0v) is 9.08. The van der Waals surface area contributed by atoms with E-state index in [1.165, 1.54) is 5.56 Å². The molecule has 0 atom stereocenters. The number of benzene rings is 1. The van der Waals surface area contributed by atoms with E-state index in [-0.39, 0.29) is 5.78 Å². The predicted octanol–water partition coefficient (Wildman–Crippen LogP) is 2.34. The highest BCUT2D eigenvalue weighted by molar-refractivity contribution is 5.95. The Balaban J connectivity index is 2.84. The lowest BCUT2D eigenvalue weighted by Crippen LogP contribution is -2.11. The molecule has 0 heterocycles. The molecule has 0 saturated carbocycles. The lowest BCUT2D eigenvalue weighted by molar-refractivity contribution is 0.0988. The van der Waals surface area contributed by atoms with Crippen LogP contribution in [-0.4, -0.2) is 24.8 Å². The fourth-order valence-electron chi connectivity index (χ4n) is 1.41. The Morgan fingerprint density at radius 3 is 2.64 bits per heavy atom. The fourth-order valence-corrected chi connectivity index (χ4v) is 1.41. The zero-order chi connectivity index (χ0) is 10.6. The number of hydrogen-bond donors (Lipinski definition) is 0. The second-order valence-corrected chi connectivity index (χ2v) is 3.71. The van der Waals surface area contributed by atoms with Crippen molar-refractivity contribution in [2.24, 2.45) is 0 Å². The third-order valence-electron chi connectivity index (χ3n) is 2.07. The summed E-state index contributed by atoms with van der Waals surface area (Å²) in [6.45, 7) is 2.77. The number of hydrogen-bond acceptors (Lipinski definition) is 2. The molecule has 76 valence electrons. The van der Waals surface area contributed by atoms with Gasteiger partial charge in [0, 0.05) is 18.5 Å². The van der Waals surface area contributed by atoms with Gasteiger partial charge < -0.3 is 4.90 Å². The summed E-state index contributed by atoms with van der Waals surface area (Å²) in [6.07, 6.45) is 0.575. The molecule has 1 aromatic carbocycles. The van der Waals surface area contributed by atoms with Gasteiger partial charge in [-0.3, -0.25) is 4.79 Å². The second-order valence-electron chi connectivity index (χ2n) is 3.71. The van der Waals surface area contributed by atoms with Crippen LogP contribution < -0.4 is 0 Å². The van der Waals surface area contributed by atoms with Gasteiger partial charge in [0.05, 0.1) is 0 Å². The first-order valence-electron chi connectivity index (χ1n) is 4.90. The van der Waals surface area contributed by atoms with Crippen LogP contribution in [0.1, 0.15) is 29.3 Å². The molecule has 0 amide bonds. The summed E-state index contributed by atoms with van der Waals surface area (Å²) in [5.41, 5.74) is 2.01. The van der Waals surface area contributed by atoms with Crippen molar-refractivity contribution in [2.75, 3.05) is 14.1 Å². The van der Waals surface area contributed by atoms with Crippen LogP contribution in [0.2, 0.25) is 0 Å². The van der Waals surface area contributed by atoms with Crippen molar-refractivity contribution in [1.29, 1.82) is 0 Å². The normalized spacial score (nSPS) is 10.6. The second kappa shape index (κ2) is 4.91. The molecule has 0 aliphatic carbocycles. The van der Waals surface area contributed by atoms with Gasteiger partial charge in [0.2, 0.25) is 0 Å². The standard InChI is InChI=1S/C12H17NO/c1-4-12(14)11-7-5-6-10(8-11)9-13(2)3/h5-8H,4,9H2,1-3H3. The highest BCUT2D eigenvalue weighted by Crippen LogP contribution is 2.08. The minimum absolute atomic E-state index is 0.214. The van der Waals surface area contributed by atoms with E-state index in [9.17, 15) is 4.79 Å². The molecule has 2 heteroatoms. The van der Waals surface area contributed by atoms with Gasteiger partial charge in [-0.05, 0) is 25.7 Å². The number of carbonyl (C=O) groups is 1. The Bertz CT molecular complexity index is 318. The van der Waals surface area contributed by atoms with E-state index in [2.05, 4.69) is 4.90 Å². The first kappa shape index (κ1) is 10.9. The number of rotatable bonds is 4. The summed E-state index contributed by atoms with van der Waals surface area (Å²) >= 11 is 0. The Labute approximate surface area is 85.5 Å². The van der Waals surface area contributed by atoms with Gasteiger partial charge in [-0.1, -0.05) is 25.1 Å². The zero-order valence-electron chi connectivity index (χ0n) is 9.08. The molecular formula is C12H17NO. The molecule has 0 aliphatic heterocycles. The average Bonchev–Trinajstić information content (AvgIpc) is 2.16. The molecule has 14 heavy (non-hydrogen) atoms. The molecule has 1 rings (SSSR count). The maximum absolute atomic E-state index is 11.4. The molecule has 2 nitrogen and oxygen atoms in total. The van der Waals surface area contributed by atoms with Gasteiger partial charge in [0.1, 0.15) is 0 Å². The van der Waals surface area contributed by atoms with Crippen LogP contribution in [0.3, 0.4) is 0 Å². The van der Waals surface area contributed by atoms with Crippen molar-refractivity contribution >= 4 is 5.78 Å². The molecule has 1 aromatic rings. The minimum atomic E-state index is 0.214. The van der Waals surface area contributed by atoms with Crippen molar-refractivity contribution in [3.8, 4) is 0 Å². The van der Waals surface area contributed by atoms with Gasteiger partial charge in [-0.15, -0.1) is 0 Å². The van der Waals surface area contributed by atoms with Crippen LogP contribution in [0.4, 0.5) is 0 Å². The van der Waals surface area contributed by atoms with Crippen LogP contribution in [0.15, 0.2) is 24.3 Å². The number of nitrogens with zero attached hydrogens (tertiary/aromatic N) is 1. The topological polar surface area (TPSA) is 20.3 Å². The smallest absolute Gasteiger partial charge is 0.162 e. The monoisotopic (exact) mass is 191 g/mol. The van der Waals surface area contributed by atoms with Crippen molar-refractivity contribution < 1.29 is 4.79 Å². The third kappa shape index (κ3) is 2.96. The Morgan fingerprint density at radius 2 is 2.07 bits per heavy atom. The van der Waals surface area contributed by atoms with Crippen LogP contribution >= 0.6 is 0 Å². The number of carbonyl (C=O) groups excluding carboxylic acids is 1. The van der Waals surface area contributed by atoms with Gasteiger partial charge >= 0.3 is 0 Å². The maximum Gasteiger partial charge on any atom is 0.162 e. The highest BCUT2D eigenvalue weighted by Gasteiger charge is 2.03. The average molecular weight is 191 g/mol. The van der Waals surface area contributed by atoms with E-state index < -0.39 is 0 Å². The third-order valence-corrected chi connectivity index (χ3v) is 2.07. The lowest BCUT2D eigenvalue weighted by atomic mass is 10.1. The Kier molecular flexibility index (Phi) is 3.84. The van der Waals surface area contributed by atoms with Gasteiger partial charge in [-0.2, -0.15) is 0 Å². The quantitative estimate of drug-likeness (QED) is 0.681. The van der Waals surface area contributed by atoms with Crippen molar-refractivity contribution in [3.05, 3.63) is 35.4 Å². The van der Waals surface area contributed by atoms with Crippen LogP contribution in [0, 0.1) is 0 Å². The molecule has 0 saturated heterocycles. The highest BCUT2D eigenvalue weighted by atomic mass is 16.1. The minimum Gasteiger partial charge on any atom is -0.305 e. The predicted molar refractivity (Wildman–Crippen MR) is 58.5 cm³/mol. The summed E-state index contributed by atoms with van der Waals surface area (Å²) in [4.78, 5) is 13.5. The summed E-state index contributed by atoms with van der Waals surface area (Å²) in [5, 5.41) is 0. The Morgan fingerprint density at radius 1 is 1.36 bits per heavy atom. The van der Waals surface area contributed by atoms with Crippen molar-refractivity contribution in [2.45, 2.75) is 19.9 Å². The van der Waals surface area contributed by atoms with Crippen LogP contribution in [-0.2, 0) is 6.54 Å². The first-order chi connectivity index (χ1) is 6.63. The van der Waals surface area contributed by atoms with Gasteiger partial charge in [0.15, 0.2) is 5.78 Å². The van der Waals surface area contributed by atoms with E-state index in [0.29, 0.717) is 6.42 Å². The van der Waals surface area contributed by atoms with Gasteiger partial charge in [-0.25, -0.2) is 0 Å².